The van der Waals surface area contributed by atoms with Gasteiger partial charge in [0.2, 0.25) is 0 Å². The van der Waals surface area contributed by atoms with E-state index in [1.54, 1.807) is 0 Å². The van der Waals surface area contributed by atoms with Crippen molar-refractivity contribution in [2.45, 2.75) is 25.7 Å². The minimum Gasteiger partial charge on any atom is -0.373 e. The lowest BCUT2D eigenvalue weighted by molar-refractivity contribution is 0.819. The van der Waals surface area contributed by atoms with Crippen LogP contribution in [0.1, 0.15) is 24.2 Å². The number of rotatable bonds is 11. The fraction of sp³-hybridized carbons (Fsp3) is 0.318. The van der Waals surface area contributed by atoms with Crippen molar-refractivity contribution in [3.8, 4) is 0 Å². The van der Waals surface area contributed by atoms with Crippen molar-refractivity contribution in [2.75, 3.05) is 36.1 Å². The van der Waals surface area contributed by atoms with Crippen LogP contribution in [-0.2, 0) is 12.8 Å². The van der Waals surface area contributed by atoms with Crippen LogP contribution in [0.4, 0.5) is 17.5 Å². The fourth-order valence-corrected chi connectivity index (χ4v) is 2.91. The second kappa shape index (κ2) is 10.9. The quantitative estimate of drug-likeness (QED) is 0.439. The Morgan fingerprint density at radius 1 is 0.679 bits per heavy atom. The van der Waals surface area contributed by atoms with Gasteiger partial charge < -0.3 is 16.0 Å². The van der Waals surface area contributed by atoms with E-state index in [0.717, 1.165) is 67.6 Å². The molecule has 0 bridgehead atoms. The minimum atomic E-state index is 0.865. The van der Waals surface area contributed by atoms with Gasteiger partial charge in [-0.3, -0.25) is 4.98 Å². The Morgan fingerprint density at radius 2 is 1.32 bits per heavy atom. The van der Waals surface area contributed by atoms with Crippen LogP contribution in [0.15, 0.2) is 60.8 Å². The van der Waals surface area contributed by atoms with Crippen LogP contribution < -0.4 is 16.0 Å². The molecule has 0 aromatic carbocycles. The molecule has 0 aliphatic rings. The molecule has 6 nitrogen and oxygen atoms in total. The normalized spacial score (nSPS) is 10.5. The largest absolute Gasteiger partial charge is 0.373 e. The van der Waals surface area contributed by atoms with Crippen LogP contribution in [0.2, 0.25) is 0 Å². The molecule has 0 spiro atoms. The summed E-state index contributed by atoms with van der Waals surface area (Å²) in [5.74, 6) is 2.70. The number of hydrogen-bond acceptors (Lipinski definition) is 6. The van der Waals surface area contributed by atoms with E-state index >= 15 is 0 Å². The highest BCUT2D eigenvalue weighted by Gasteiger charge is 2.00. The number of pyridine rings is 3. The van der Waals surface area contributed by atoms with Crippen LogP contribution >= 0.6 is 0 Å². The molecule has 0 saturated heterocycles. The molecule has 3 N–H and O–H groups in total. The van der Waals surface area contributed by atoms with Crippen LogP contribution in [0.5, 0.6) is 0 Å². The van der Waals surface area contributed by atoms with Crippen molar-refractivity contribution in [2.24, 2.45) is 0 Å². The summed E-state index contributed by atoms with van der Waals surface area (Å²) in [5.41, 5.74) is 2.24. The zero-order valence-corrected chi connectivity index (χ0v) is 16.4. The second-order valence-electron chi connectivity index (χ2n) is 6.55. The zero-order chi connectivity index (χ0) is 19.4. The molecule has 146 valence electrons. The summed E-state index contributed by atoms with van der Waals surface area (Å²) in [7, 11) is 1.87. The van der Waals surface area contributed by atoms with Gasteiger partial charge in [-0.25, -0.2) is 9.97 Å². The maximum Gasteiger partial charge on any atom is 0.128 e. The lowest BCUT2D eigenvalue weighted by atomic mass is 10.2. The molecule has 0 unspecified atom stereocenters. The van der Waals surface area contributed by atoms with Gasteiger partial charge in [-0.15, -0.1) is 0 Å². The number of nitrogens with one attached hydrogen (secondary N) is 3. The summed E-state index contributed by atoms with van der Waals surface area (Å²) < 4.78 is 0. The number of hydrogen-bond donors (Lipinski definition) is 3. The third kappa shape index (κ3) is 6.54. The summed E-state index contributed by atoms with van der Waals surface area (Å²) in [6.45, 7) is 1.76. The average molecular weight is 377 g/mol. The first kappa shape index (κ1) is 19.6. The van der Waals surface area contributed by atoms with Gasteiger partial charge in [0.25, 0.3) is 0 Å². The van der Waals surface area contributed by atoms with Crippen molar-refractivity contribution in [1.82, 2.24) is 15.0 Å². The number of aromatic nitrogens is 3. The van der Waals surface area contributed by atoms with Crippen molar-refractivity contribution < 1.29 is 0 Å². The first-order chi connectivity index (χ1) is 13.8. The third-order valence-electron chi connectivity index (χ3n) is 4.37. The number of aryl methyl sites for hydroxylation is 2. The molecule has 0 aliphatic heterocycles. The molecular weight excluding hydrogens is 348 g/mol. The Balaban J connectivity index is 1.37. The van der Waals surface area contributed by atoms with Gasteiger partial charge in [-0.2, -0.15) is 0 Å². The highest BCUT2D eigenvalue weighted by atomic mass is 15.0. The third-order valence-corrected chi connectivity index (χ3v) is 4.37. The first-order valence-electron chi connectivity index (χ1n) is 9.82. The molecule has 0 radical (unpaired) electrons. The first-order valence-corrected chi connectivity index (χ1v) is 9.82. The van der Waals surface area contributed by atoms with Crippen molar-refractivity contribution in [3.05, 3.63) is 72.2 Å². The molecule has 3 aromatic rings. The van der Waals surface area contributed by atoms with Gasteiger partial charge >= 0.3 is 0 Å². The Kier molecular flexibility index (Phi) is 7.61. The molecule has 3 aromatic heterocycles. The molecule has 0 aliphatic carbocycles. The van der Waals surface area contributed by atoms with Crippen LogP contribution in [0, 0.1) is 0 Å². The predicted molar refractivity (Wildman–Crippen MR) is 116 cm³/mol. The highest BCUT2D eigenvalue weighted by Crippen LogP contribution is 2.10. The maximum atomic E-state index is 4.71. The lowest BCUT2D eigenvalue weighted by Crippen LogP contribution is -2.08. The Hall–Kier alpha value is -3.15. The van der Waals surface area contributed by atoms with Crippen LogP contribution in [-0.4, -0.2) is 35.1 Å². The molecule has 28 heavy (non-hydrogen) atoms. The predicted octanol–water partition coefficient (Wildman–Crippen LogP) is 4.00. The van der Waals surface area contributed by atoms with E-state index in [-0.39, 0.29) is 0 Å². The van der Waals surface area contributed by atoms with Gasteiger partial charge in [0.15, 0.2) is 0 Å². The topological polar surface area (TPSA) is 74.8 Å². The number of nitrogens with zero attached hydrogens (tertiary/aromatic N) is 3. The zero-order valence-electron chi connectivity index (χ0n) is 16.4. The van der Waals surface area contributed by atoms with E-state index in [9.17, 15) is 0 Å². The van der Waals surface area contributed by atoms with Crippen LogP contribution in [0.3, 0.4) is 0 Å². The Bertz CT molecular complexity index is 837. The van der Waals surface area contributed by atoms with E-state index in [1.807, 2.05) is 49.6 Å². The molecule has 3 rings (SSSR count). The summed E-state index contributed by atoms with van der Waals surface area (Å²) in [5, 5.41) is 9.82. The van der Waals surface area contributed by atoms with Crippen molar-refractivity contribution in [1.29, 1.82) is 0 Å². The monoisotopic (exact) mass is 376 g/mol. The standard InChI is InChI=1S/C22H28N6/c1-23-20-12-5-14-22(28-20)26-17-7-11-19-9-4-13-21(27-19)25-16-6-10-18-8-2-3-15-24-18/h2-5,8-9,12-15H,6-7,10-11,16-17H2,1H3,(H,25,27)(H2,23,26,28). The maximum absolute atomic E-state index is 4.71. The van der Waals surface area contributed by atoms with E-state index in [4.69, 9.17) is 4.98 Å². The Morgan fingerprint density at radius 3 is 2.04 bits per heavy atom. The molecule has 0 saturated carbocycles. The van der Waals surface area contributed by atoms with E-state index in [0.29, 0.717) is 0 Å². The van der Waals surface area contributed by atoms with E-state index < -0.39 is 0 Å². The summed E-state index contributed by atoms with van der Waals surface area (Å²) >= 11 is 0. The molecular formula is C22H28N6. The molecule has 3 heterocycles. The lowest BCUT2D eigenvalue weighted by Gasteiger charge is -2.09. The SMILES string of the molecule is CNc1cccc(NCCCc2cccc(NCCCc3ccccn3)n2)n1. The van der Waals surface area contributed by atoms with E-state index in [1.165, 1.54) is 0 Å². The smallest absolute Gasteiger partial charge is 0.128 e. The Labute approximate surface area is 166 Å². The number of anilines is 3. The van der Waals surface area contributed by atoms with E-state index in [2.05, 4.69) is 44.1 Å². The average Bonchev–Trinajstić information content (AvgIpc) is 2.75. The fourth-order valence-electron chi connectivity index (χ4n) is 2.91. The second-order valence-corrected chi connectivity index (χ2v) is 6.55. The van der Waals surface area contributed by atoms with Gasteiger partial charge in [-0.05, 0) is 62.1 Å². The minimum absolute atomic E-state index is 0.865. The summed E-state index contributed by atoms with van der Waals surface area (Å²) in [4.78, 5) is 13.5. The van der Waals surface area contributed by atoms with Gasteiger partial charge in [0.05, 0.1) is 0 Å². The molecule has 0 amide bonds. The van der Waals surface area contributed by atoms with Crippen molar-refractivity contribution in [3.63, 3.8) is 0 Å². The molecule has 0 fully saturated rings. The van der Waals surface area contributed by atoms with Gasteiger partial charge in [0, 0.05) is 37.7 Å². The van der Waals surface area contributed by atoms with Crippen molar-refractivity contribution >= 4 is 17.5 Å². The van der Waals surface area contributed by atoms with Crippen LogP contribution in [0.25, 0.3) is 0 Å². The molecule has 6 heteroatoms. The van der Waals surface area contributed by atoms with Gasteiger partial charge in [-0.1, -0.05) is 18.2 Å². The summed E-state index contributed by atoms with van der Waals surface area (Å²) in [6, 6.07) is 18.1. The molecule has 0 atom stereocenters. The van der Waals surface area contributed by atoms with Gasteiger partial charge in [0.1, 0.15) is 17.5 Å². The summed E-state index contributed by atoms with van der Waals surface area (Å²) in [6.07, 6.45) is 5.79. The highest BCUT2D eigenvalue weighted by molar-refractivity contribution is 5.44.